The Morgan fingerprint density at radius 1 is 0.560 bits per heavy atom. The van der Waals surface area contributed by atoms with Gasteiger partial charge in [0.1, 0.15) is 0 Å². The van der Waals surface area contributed by atoms with Gasteiger partial charge in [0.25, 0.3) is 5.69 Å². The molecule has 3 heteroatoms. The number of nitro benzene ring substituents is 1. The molecule has 0 amide bonds. The Hall–Kier alpha value is -3.46. The van der Waals surface area contributed by atoms with Gasteiger partial charge >= 0.3 is 0 Å². The van der Waals surface area contributed by atoms with Crippen LogP contribution in [0.5, 0.6) is 0 Å². The van der Waals surface area contributed by atoms with Gasteiger partial charge in [-0.2, -0.15) is 0 Å². The van der Waals surface area contributed by atoms with Crippen molar-refractivity contribution in [2.45, 2.75) is 0 Å². The average Bonchev–Trinajstić information content (AvgIpc) is 2.98. The highest BCUT2D eigenvalue weighted by Crippen LogP contribution is 2.49. The Labute approximate surface area is 144 Å². The summed E-state index contributed by atoms with van der Waals surface area (Å²) in [6.07, 6.45) is 0. The van der Waals surface area contributed by atoms with Crippen molar-refractivity contribution in [1.82, 2.24) is 0 Å². The molecule has 1 aliphatic carbocycles. The number of rotatable bonds is 2. The lowest BCUT2D eigenvalue weighted by molar-refractivity contribution is -0.384. The van der Waals surface area contributed by atoms with Gasteiger partial charge in [-0.3, -0.25) is 10.1 Å². The summed E-state index contributed by atoms with van der Waals surface area (Å²) in [5.41, 5.74) is 6.55. The number of benzene rings is 4. The fraction of sp³-hybridized carbons (Fsp3) is 0. The normalized spacial score (nSPS) is 11.5. The fourth-order valence-corrected chi connectivity index (χ4v) is 3.90. The summed E-state index contributed by atoms with van der Waals surface area (Å²) < 4.78 is 0. The number of hydrogen-bond donors (Lipinski definition) is 0. The summed E-state index contributed by atoms with van der Waals surface area (Å²) >= 11 is 0. The van der Waals surface area contributed by atoms with Crippen LogP contribution in [-0.4, -0.2) is 4.92 Å². The second kappa shape index (κ2) is 5.02. The van der Waals surface area contributed by atoms with Crippen LogP contribution in [0.2, 0.25) is 0 Å². The van der Waals surface area contributed by atoms with E-state index in [1.165, 1.54) is 27.6 Å². The molecule has 118 valence electrons. The molecule has 1 aliphatic rings. The predicted molar refractivity (Wildman–Crippen MR) is 100 cm³/mol. The Morgan fingerprint density at radius 2 is 1.12 bits per heavy atom. The van der Waals surface area contributed by atoms with Crippen LogP contribution in [0.1, 0.15) is 0 Å². The van der Waals surface area contributed by atoms with Gasteiger partial charge in [-0.05, 0) is 44.7 Å². The first-order valence-electron chi connectivity index (χ1n) is 8.15. The Balaban J connectivity index is 1.89. The van der Waals surface area contributed by atoms with E-state index in [0.717, 1.165) is 10.9 Å². The number of nitrogens with zero attached hydrogens (tertiary/aromatic N) is 1. The molecule has 0 heterocycles. The number of fused-ring (bicyclic) bond motifs is 3. The zero-order chi connectivity index (χ0) is 17.0. The lowest BCUT2D eigenvalue weighted by Crippen LogP contribution is -1.92. The van der Waals surface area contributed by atoms with Crippen molar-refractivity contribution >= 4 is 16.5 Å². The van der Waals surface area contributed by atoms with Gasteiger partial charge in [0.15, 0.2) is 0 Å². The zero-order valence-electron chi connectivity index (χ0n) is 13.3. The minimum atomic E-state index is -0.312. The first-order valence-corrected chi connectivity index (χ1v) is 8.15. The zero-order valence-corrected chi connectivity index (χ0v) is 13.3. The van der Waals surface area contributed by atoms with Crippen molar-refractivity contribution in [2.75, 3.05) is 0 Å². The first kappa shape index (κ1) is 13.9. The SMILES string of the molecule is O=[N+]([O-])c1ccccc1-c1ccc2c3c(cccc13)-c1ccccc1-2. The van der Waals surface area contributed by atoms with Crippen LogP contribution >= 0.6 is 0 Å². The topological polar surface area (TPSA) is 43.1 Å². The molecule has 4 aromatic rings. The van der Waals surface area contributed by atoms with E-state index in [4.69, 9.17) is 0 Å². The average molecular weight is 323 g/mol. The molecule has 0 N–H and O–H groups in total. The highest BCUT2D eigenvalue weighted by Gasteiger charge is 2.24. The van der Waals surface area contributed by atoms with Crippen LogP contribution in [0.3, 0.4) is 0 Å². The Bertz CT molecular complexity index is 1150. The molecule has 0 saturated heterocycles. The van der Waals surface area contributed by atoms with Gasteiger partial charge in [0, 0.05) is 6.07 Å². The predicted octanol–water partition coefficient (Wildman–Crippen LogP) is 6.06. The highest BCUT2D eigenvalue weighted by molar-refractivity contribution is 6.18. The molecule has 0 fully saturated rings. The maximum Gasteiger partial charge on any atom is 0.277 e. The van der Waals surface area contributed by atoms with Gasteiger partial charge in [0.2, 0.25) is 0 Å². The van der Waals surface area contributed by atoms with E-state index in [9.17, 15) is 10.1 Å². The summed E-state index contributed by atoms with van der Waals surface area (Å²) in [4.78, 5) is 11.1. The van der Waals surface area contributed by atoms with Gasteiger partial charge in [-0.15, -0.1) is 0 Å². The third-order valence-electron chi connectivity index (χ3n) is 4.94. The molecule has 0 bridgehead atoms. The molecule has 5 rings (SSSR count). The largest absolute Gasteiger partial charge is 0.277 e. The molecule has 0 unspecified atom stereocenters. The molecular weight excluding hydrogens is 310 g/mol. The van der Waals surface area contributed by atoms with Gasteiger partial charge < -0.3 is 0 Å². The second-order valence-electron chi connectivity index (χ2n) is 6.21. The van der Waals surface area contributed by atoms with E-state index in [2.05, 4.69) is 30.3 Å². The lowest BCUT2D eigenvalue weighted by atomic mass is 9.93. The number of nitro groups is 1. The molecule has 0 radical (unpaired) electrons. The van der Waals surface area contributed by atoms with E-state index in [-0.39, 0.29) is 10.6 Å². The monoisotopic (exact) mass is 323 g/mol. The van der Waals surface area contributed by atoms with Crippen molar-refractivity contribution in [3.8, 4) is 33.4 Å². The molecule has 0 aromatic heterocycles. The lowest BCUT2D eigenvalue weighted by Gasteiger charge is -2.10. The van der Waals surface area contributed by atoms with E-state index in [1.807, 2.05) is 36.4 Å². The summed E-state index contributed by atoms with van der Waals surface area (Å²) in [6, 6.07) is 25.6. The first-order chi connectivity index (χ1) is 12.3. The fourth-order valence-electron chi connectivity index (χ4n) is 3.90. The van der Waals surface area contributed by atoms with Crippen LogP contribution in [0.15, 0.2) is 78.9 Å². The van der Waals surface area contributed by atoms with Crippen molar-refractivity contribution in [3.05, 3.63) is 89.0 Å². The number of para-hydroxylation sites is 1. The summed E-state index contributed by atoms with van der Waals surface area (Å²) in [5, 5.41) is 13.7. The van der Waals surface area contributed by atoms with Gasteiger partial charge in [0.05, 0.1) is 10.5 Å². The second-order valence-corrected chi connectivity index (χ2v) is 6.21. The van der Waals surface area contributed by atoms with Crippen molar-refractivity contribution in [1.29, 1.82) is 0 Å². The summed E-state index contributed by atoms with van der Waals surface area (Å²) in [7, 11) is 0. The Morgan fingerprint density at radius 3 is 1.84 bits per heavy atom. The van der Waals surface area contributed by atoms with E-state index >= 15 is 0 Å². The van der Waals surface area contributed by atoms with E-state index in [1.54, 1.807) is 12.1 Å². The van der Waals surface area contributed by atoms with Crippen LogP contribution in [0, 0.1) is 10.1 Å². The molecule has 0 spiro atoms. The van der Waals surface area contributed by atoms with Crippen molar-refractivity contribution < 1.29 is 4.92 Å². The molecule has 0 atom stereocenters. The third kappa shape index (κ3) is 1.86. The molecule has 25 heavy (non-hydrogen) atoms. The van der Waals surface area contributed by atoms with Crippen LogP contribution in [-0.2, 0) is 0 Å². The number of hydrogen-bond acceptors (Lipinski definition) is 2. The molecule has 3 nitrogen and oxygen atoms in total. The molecular formula is C22H13NO2. The van der Waals surface area contributed by atoms with Gasteiger partial charge in [-0.1, -0.05) is 66.7 Å². The quantitative estimate of drug-likeness (QED) is 0.292. The van der Waals surface area contributed by atoms with Crippen molar-refractivity contribution in [2.24, 2.45) is 0 Å². The van der Waals surface area contributed by atoms with Crippen LogP contribution in [0.4, 0.5) is 5.69 Å². The maximum atomic E-state index is 11.5. The molecule has 4 aromatic carbocycles. The van der Waals surface area contributed by atoms with Crippen LogP contribution < -0.4 is 0 Å². The highest BCUT2D eigenvalue weighted by atomic mass is 16.6. The smallest absolute Gasteiger partial charge is 0.258 e. The molecule has 0 aliphatic heterocycles. The standard InChI is InChI=1S/C22H13NO2/c24-23(25)21-11-4-3-8-17(21)16-12-13-20-15-7-2-1-6-14(15)18-9-5-10-19(16)22(18)20/h1-13H. The Kier molecular flexibility index (Phi) is 2.80. The van der Waals surface area contributed by atoms with Gasteiger partial charge in [-0.25, -0.2) is 0 Å². The minimum absolute atomic E-state index is 0.138. The van der Waals surface area contributed by atoms with E-state index in [0.29, 0.717) is 5.56 Å². The summed E-state index contributed by atoms with van der Waals surface area (Å²) in [5.74, 6) is 0. The summed E-state index contributed by atoms with van der Waals surface area (Å²) in [6.45, 7) is 0. The van der Waals surface area contributed by atoms with Crippen molar-refractivity contribution in [3.63, 3.8) is 0 Å². The third-order valence-corrected chi connectivity index (χ3v) is 4.94. The maximum absolute atomic E-state index is 11.5. The minimum Gasteiger partial charge on any atom is -0.258 e. The van der Waals surface area contributed by atoms with Crippen LogP contribution in [0.25, 0.3) is 44.2 Å². The molecule has 0 saturated carbocycles. The van der Waals surface area contributed by atoms with E-state index < -0.39 is 0 Å².